The van der Waals surface area contributed by atoms with Gasteiger partial charge in [0, 0.05) is 36.8 Å². The number of H-pyrrole nitrogens is 1. The van der Waals surface area contributed by atoms with Gasteiger partial charge >= 0.3 is 5.97 Å². The van der Waals surface area contributed by atoms with E-state index >= 15 is 4.79 Å². The first-order valence-corrected chi connectivity index (χ1v) is 20.3. The lowest BCUT2D eigenvalue weighted by molar-refractivity contribution is -0.249. The van der Waals surface area contributed by atoms with Gasteiger partial charge in [-0.3, -0.25) is 14.6 Å². The lowest BCUT2D eigenvalue weighted by atomic mass is 9.32. The molecule has 2 aromatic rings. The number of esters is 1. The summed E-state index contributed by atoms with van der Waals surface area (Å²) in [5.41, 5.74) is 3.55. The zero-order valence-corrected chi connectivity index (χ0v) is 32.4. The van der Waals surface area contributed by atoms with Crippen molar-refractivity contribution in [3.05, 3.63) is 48.7 Å². The molecule has 11 atom stereocenters. The third kappa shape index (κ3) is 4.94. The number of aromatic nitrogens is 3. The van der Waals surface area contributed by atoms with E-state index in [4.69, 9.17) is 9.72 Å². The predicted molar refractivity (Wildman–Crippen MR) is 200 cm³/mol. The summed E-state index contributed by atoms with van der Waals surface area (Å²) in [6.45, 7) is 21.9. The van der Waals surface area contributed by atoms with Gasteiger partial charge in [0.05, 0.1) is 23.3 Å². The van der Waals surface area contributed by atoms with Gasteiger partial charge in [0.15, 0.2) is 0 Å². The first kappa shape index (κ1) is 35.1. The molecule has 0 radical (unpaired) electrons. The van der Waals surface area contributed by atoms with E-state index in [1.165, 1.54) is 31.3 Å². The van der Waals surface area contributed by atoms with Crippen LogP contribution in [0.5, 0.6) is 0 Å². The molecule has 5 aliphatic carbocycles. The van der Waals surface area contributed by atoms with Gasteiger partial charge in [0.25, 0.3) is 0 Å². The molecule has 11 unspecified atom stereocenters. The fraction of sp³-hybridized carbons (Fsp3) is 0.727. The number of hydrogen-bond acceptors (Lipinski definition) is 5. The maximum Gasteiger partial charge on any atom is 0.302 e. The minimum absolute atomic E-state index is 0.00158. The molecule has 0 bridgehead atoms. The number of fused-ring (bicyclic) bond motifs is 7. The van der Waals surface area contributed by atoms with E-state index < -0.39 is 0 Å². The number of hydrogen-bond donors (Lipinski definition) is 1. The Morgan fingerprint density at radius 3 is 2.37 bits per heavy atom. The number of ether oxygens (including phenoxy) is 1. The minimum Gasteiger partial charge on any atom is -0.462 e. The smallest absolute Gasteiger partial charge is 0.302 e. The Kier molecular flexibility index (Phi) is 8.28. The average Bonchev–Trinajstić information content (AvgIpc) is 3.85. The van der Waals surface area contributed by atoms with E-state index in [1.807, 2.05) is 30.7 Å². The Labute approximate surface area is 306 Å². The Hall–Kier alpha value is -2.96. The van der Waals surface area contributed by atoms with Crippen molar-refractivity contribution in [1.29, 1.82) is 0 Å². The molecule has 7 nitrogen and oxygen atoms in total. The molecule has 2 aromatic heterocycles. The van der Waals surface area contributed by atoms with Crippen molar-refractivity contribution in [2.75, 3.05) is 6.54 Å². The zero-order chi connectivity index (χ0) is 36.1. The summed E-state index contributed by atoms with van der Waals surface area (Å²) >= 11 is 0. The Bertz CT molecular complexity index is 1700. The standard InChI is InChI=1S/C44H62N4O3/c1-27(2)30-13-20-44(39(50)48-25-9-10-33(48)38-46-26-32(47-38)29-16-23-45-24-17-29)22-21-42(7)31(37(30)44)11-12-35-41(6)18-15-36(51-28(3)49)40(4,5)34(41)14-19-43(35,42)8/h16-17,23-24,26,30-31,33-37H,1,9-15,18-22,25H2,2-8H3,(H,46,47). The number of aromatic amines is 1. The van der Waals surface area contributed by atoms with E-state index in [-0.39, 0.29) is 45.2 Å². The predicted octanol–water partition coefficient (Wildman–Crippen LogP) is 9.72. The highest BCUT2D eigenvalue weighted by Gasteiger charge is 2.72. The number of likely N-dealkylation sites (tertiary alicyclic amines) is 1. The van der Waals surface area contributed by atoms with Gasteiger partial charge in [-0.05, 0) is 142 Å². The van der Waals surface area contributed by atoms with Gasteiger partial charge < -0.3 is 14.6 Å². The first-order valence-electron chi connectivity index (χ1n) is 20.3. The van der Waals surface area contributed by atoms with Crippen LogP contribution in [0.3, 0.4) is 0 Å². The molecule has 5 saturated carbocycles. The summed E-state index contributed by atoms with van der Waals surface area (Å²) in [4.78, 5) is 42.4. The lowest BCUT2D eigenvalue weighted by Gasteiger charge is -2.73. The van der Waals surface area contributed by atoms with Gasteiger partial charge in [-0.25, -0.2) is 4.98 Å². The molecule has 276 valence electrons. The maximum absolute atomic E-state index is 15.4. The molecule has 0 spiro atoms. The summed E-state index contributed by atoms with van der Waals surface area (Å²) in [5, 5.41) is 0. The fourth-order valence-electron chi connectivity index (χ4n) is 14.7. The van der Waals surface area contributed by atoms with Gasteiger partial charge in [0.2, 0.25) is 5.91 Å². The van der Waals surface area contributed by atoms with E-state index in [0.29, 0.717) is 35.5 Å². The van der Waals surface area contributed by atoms with Crippen LogP contribution in [-0.4, -0.2) is 44.4 Å². The van der Waals surface area contributed by atoms with Gasteiger partial charge in [-0.1, -0.05) is 46.8 Å². The molecule has 3 heterocycles. The minimum atomic E-state index is -0.328. The Morgan fingerprint density at radius 1 is 0.882 bits per heavy atom. The normalized spacial score (nSPS) is 42.6. The van der Waals surface area contributed by atoms with Crippen LogP contribution in [0.25, 0.3) is 11.3 Å². The molecule has 51 heavy (non-hydrogen) atoms. The number of rotatable bonds is 5. The highest BCUT2D eigenvalue weighted by molar-refractivity contribution is 5.84. The largest absolute Gasteiger partial charge is 0.462 e. The second-order valence-corrected chi connectivity index (χ2v) is 19.4. The molecule has 6 aliphatic rings. The first-order chi connectivity index (χ1) is 24.2. The van der Waals surface area contributed by atoms with E-state index in [1.54, 1.807) is 6.92 Å². The Morgan fingerprint density at radius 2 is 1.65 bits per heavy atom. The molecule has 8 rings (SSSR count). The second-order valence-electron chi connectivity index (χ2n) is 19.4. The van der Waals surface area contributed by atoms with Gasteiger partial charge in [0.1, 0.15) is 11.9 Å². The summed E-state index contributed by atoms with van der Waals surface area (Å²) in [5.74, 6) is 3.58. The van der Waals surface area contributed by atoms with Crippen molar-refractivity contribution in [2.45, 2.75) is 138 Å². The zero-order valence-electron chi connectivity index (χ0n) is 32.4. The summed E-state index contributed by atoms with van der Waals surface area (Å²) in [6, 6.07) is 4.00. The Balaban J connectivity index is 1.11. The fourth-order valence-corrected chi connectivity index (χ4v) is 14.7. The molecule has 0 aromatic carbocycles. The molecule has 7 heteroatoms. The highest BCUT2D eigenvalue weighted by atomic mass is 16.5. The van der Waals surface area contributed by atoms with Crippen molar-refractivity contribution < 1.29 is 14.3 Å². The van der Waals surface area contributed by atoms with Crippen LogP contribution in [0.15, 0.2) is 42.9 Å². The number of pyridine rings is 1. The van der Waals surface area contributed by atoms with E-state index in [0.717, 1.165) is 75.0 Å². The third-order valence-electron chi connectivity index (χ3n) is 17.2. The van der Waals surface area contributed by atoms with Crippen LogP contribution < -0.4 is 0 Å². The quantitative estimate of drug-likeness (QED) is 0.249. The van der Waals surface area contributed by atoms with Crippen LogP contribution in [0.2, 0.25) is 0 Å². The molecule has 1 aliphatic heterocycles. The molecular formula is C44H62N4O3. The van der Waals surface area contributed by atoms with Gasteiger partial charge in [-0.2, -0.15) is 0 Å². The highest BCUT2D eigenvalue weighted by Crippen LogP contribution is 2.78. The van der Waals surface area contributed by atoms with Crippen molar-refractivity contribution in [1.82, 2.24) is 19.9 Å². The van der Waals surface area contributed by atoms with Crippen molar-refractivity contribution in [3.8, 4) is 11.3 Å². The van der Waals surface area contributed by atoms with Crippen LogP contribution in [-0.2, 0) is 14.3 Å². The molecule has 1 saturated heterocycles. The van der Waals surface area contributed by atoms with Crippen molar-refractivity contribution in [3.63, 3.8) is 0 Å². The summed E-state index contributed by atoms with van der Waals surface area (Å²) in [7, 11) is 0. The van der Waals surface area contributed by atoms with Crippen LogP contribution in [0.4, 0.5) is 0 Å². The van der Waals surface area contributed by atoms with Crippen molar-refractivity contribution >= 4 is 11.9 Å². The monoisotopic (exact) mass is 694 g/mol. The van der Waals surface area contributed by atoms with Crippen LogP contribution >= 0.6 is 0 Å². The van der Waals surface area contributed by atoms with Crippen LogP contribution in [0.1, 0.15) is 137 Å². The SMILES string of the molecule is C=C(C)C1CCC2(C(=O)N3CCCC3c3ncc(-c4ccncc4)[nH]3)CCC3(C)C(CCC4C5(C)CCC(OC(C)=O)C(C)(C)C5CCC43C)C12. The third-order valence-corrected chi connectivity index (χ3v) is 17.2. The molecule has 1 amide bonds. The van der Waals surface area contributed by atoms with E-state index in [2.05, 4.69) is 63.0 Å². The van der Waals surface area contributed by atoms with E-state index in [9.17, 15) is 4.79 Å². The lowest BCUT2D eigenvalue weighted by Crippen LogP contribution is -2.67. The number of allylic oxidation sites excluding steroid dienone is 1. The van der Waals surface area contributed by atoms with Crippen molar-refractivity contribution in [2.24, 2.45) is 56.7 Å². The number of nitrogens with zero attached hydrogens (tertiary/aromatic N) is 3. The van der Waals surface area contributed by atoms with Gasteiger partial charge in [-0.15, -0.1) is 0 Å². The number of carbonyl (C=O) groups excluding carboxylic acids is 2. The number of nitrogens with one attached hydrogen (secondary N) is 1. The second kappa shape index (κ2) is 12.0. The number of amides is 1. The molecular weight excluding hydrogens is 633 g/mol. The number of imidazole rings is 1. The maximum atomic E-state index is 15.4. The van der Waals surface area contributed by atoms with Crippen LogP contribution in [0, 0.1) is 56.7 Å². The summed E-state index contributed by atoms with van der Waals surface area (Å²) < 4.78 is 5.99. The summed E-state index contributed by atoms with van der Waals surface area (Å²) in [6.07, 6.45) is 18.6. The number of carbonyl (C=O) groups is 2. The molecule has 6 fully saturated rings. The average molecular weight is 695 g/mol. The molecule has 1 N–H and O–H groups in total. The topological polar surface area (TPSA) is 88.2 Å².